The van der Waals surface area contributed by atoms with Crippen LogP contribution in [0.25, 0.3) is 0 Å². The lowest BCUT2D eigenvalue weighted by atomic mass is 9.90. The van der Waals surface area contributed by atoms with Crippen molar-refractivity contribution in [3.05, 3.63) is 34.3 Å². The van der Waals surface area contributed by atoms with Crippen LogP contribution in [0.2, 0.25) is 0 Å². The van der Waals surface area contributed by atoms with Crippen LogP contribution in [0.1, 0.15) is 53.6 Å². The Bertz CT molecular complexity index is 748. The molecule has 0 radical (unpaired) electrons. The van der Waals surface area contributed by atoms with Crippen molar-refractivity contribution in [1.82, 2.24) is 24.8 Å². The molecule has 2 saturated heterocycles. The average Bonchev–Trinajstić information content (AvgIpc) is 3.44. The first kappa shape index (κ1) is 19.5. The summed E-state index contributed by atoms with van der Waals surface area (Å²) in [5.41, 5.74) is 0.427. The summed E-state index contributed by atoms with van der Waals surface area (Å²) in [7, 11) is 0. The van der Waals surface area contributed by atoms with Gasteiger partial charge in [0.15, 0.2) is 5.69 Å². The molecule has 2 fully saturated rings. The molecule has 2 aromatic rings. The number of amides is 1. The SMILES string of the molecule is O=C(c1cn(CCN2CCCCC2)nn1)N1CCC([C@H](O)c2cccs2)CC1. The Labute approximate surface area is 169 Å². The number of nitrogens with zero attached hydrogens (tertiary/aromatic N) is 5. The number of piperidine rings is 2. The minimum absolute atomic E-state index is 0.0479. The summed E-state index contributed by atoms with van der Waals surface area (Å²) < 4.78 is 1.79. The van der Waals surface area contributed by atoms with Crippen molar-refractivity contribution < 1.29 is 9.90 Å². The molecule has 0 saturated carbocycles. The number of thiophene rings is 1. The first-order valence-electron chi connectivity index (χ1n) is 10.3. The predicted octanol–water partition coefficient (Wildman–Crippen LogP) is 2.41. The Balaban J connectivity index is 1.26. The third-order valence-corrected chi connectivity index (χ3v) is 6.90. The molecule has 1 N–H and O–H groups in total. The highest BCUT2D eigenvalue weighted by molar-refractivity contribution is 7.10. The van der Waals surface area contributed by atoms with Gasteiger partial charge in [0.1, 0.15) is 0 Å². The van der Waals surface area contributed by atoms with E-state index in [1.807, 2.05) is 22.4 Å². The quantitative estimate of drug-likeness (QED) is 0.802. The third-order valence-electron chi connectivity index (χ3n) is 5.96. The van der Waals surface area contributed by atoms with Gasteiger partial charge in [-0.2, -0.15) is 0 Å². The van der Waals surface area contributed by atoms with E-state index in [1.165, 1.54) is 19.3 Å². The summed E-state index contributed by atoms with van der Waals surface area (Å²) in [6, 6.07) is 3.95. The topological polar surface area (TPSA) is 74.5 Å². The summed E-state index contributed by atoms with van der Waals surface area (Å²) in [5, 5.41) is 20.8. The highest BCUT2D eigenvalue weighted by atomic mass is 32.1. The Morgan fingerprint density at radius 1 is 1.18 bits per heavy atom. The number of carbonyl (C=O) groups excluding carboxylic acids is 1. The van der Waals surface area contributed by atoms with E-state index in [-0.39, 0.29) is 11.8 Å². The van der Waals surface area contributed by atoms with Crippen LogP contribution in [-0.4, -0.2) is 68.5 Å². The van der Waals surface area contributed by atoms with Gasteiger partial charge in [-0.3, -0.25) is 9.48 Å². The van der Waals surface area contributed by atoms with Gasteiger partial charge in [0.2, 0.25) is 0 Å². The second-order valence-electron chi connectivity index (χ2n) is 7.86. The third kappa shape index (κ3) is 4.61. The van der Waals surface area contributed by atoms with Crippen molar-refractivity contribution in [2.75, 3.05) is 32.7 Å². The van der Waals surface area contributed by atoms with Crippen molar-refractivity contribution in [2.24, 2.45) is 5.92 Å². The largest absolute Gasteiger partial charge is 0.387 e. The van der Waals surface area contributed by atoms with Crippen LogP contribution in [0.5, 0.6) is 0 Å². The van der Waals surface area contributed by atoms with Gasteiger partial charge in [0.25, 0.3) is 5.91 Å². The van der Waals surface area contributed by atoms with Crippen LogP contribution in [0.4, 0.5) is 0 Å². The summed E-state index contributed by atoms with van der Waals surface area (Å²) in [5.74, 6) is 0.163. The highest BCUT2D eigenvalue weighted by Crippen LogP contribution is 2.33. The van der Waals surface area contributed by atoms with E-state index in [0.717, 1.165) is 43.9 Å². The van der Waals surface area contributed by atoms with E-state index < -0.39 is 6.10 Å². The van der Waals surface area contributed by atoms with Crippen molar-refractivity contribution in [2.45, 2.75) is 44.8 Å². The van der Waals surface area contributed by atoms with Gasteiger partial charge in [-0.25, -0.2) is 0 Å². The van der Waals surface area contributed by atoms with Gasteiger partial charge in [-0.1, -0.05) is 17.7 Å². The van der Waals surface area contributed by atoms with E-state index in [4.69, 9.17) is 0 Å². The minimum atomic E-state index is -0.423. The minimum Gasteiger partial charge on any atom is -0.387 e. The maximum Gasteiger partial charge on any atom is 0.276 e. The lowest BCUT2D eigenvalue weighted by Gasteiger charge is -2.33. The second kappa shape index (κ2) is 9.15. The lowest BCUT2D eigenvalue weighted by Crippen LogP contribution is -2.39. The maximum atomic E-state index is 12.8. The fourth-order valence-corrected chi connectivity index (χ4v) is 5.01. The fraction of sp³-hybridized carbons (Fsp3) is 0.650. The van der Waals surface area contributed by atoms with Crippen molar-refractivity contribution in [3.8, 4) is 0 Å². The number of hydrogen-bond donors (Lipinski definition) is 1. The van der Waals surface area contributed by atoms with E-state index in [2.05, 4.69) is 15.2 Å². The van der Waals surface area contributed by atoms with Crippen LogP contribution in [-0.2, 0) is 6.54 Å². The van der Waals surface area contributed by atoms with E-state index in [0.29, 0.717) is 18.8 Å². The van der Waals surface area contributed by atoms with Crippen LogP contribution in [0.15, 0.2) is 23.7 Å². The molecule has 1 amide bonds. The predicted molar refractivity (Wildman–Crippen MR) is 108 cm³/mol. The molecule has 0 spiro atoms. The molecule has 2 aliphatic rings. The Morgan fingerprint density at radius 3 is 2.68 bits per heavy atom. The van der Waals surface area contributed by atoms with Crippen LogP contribution in [0.3, 0.4) is 0 Å². The number of carbonyl (C=O) groups is 1. The Hall–Kier alpha value is -1.77. The highest BCUT2D eigenvalue weighted by Gasteiger charge is 2.30. The summed E-state index contributed by atoms with van der Waals surface area (Å²) in [4.78, 5) is 18.1. The summed E-state index contributed by atoms with van der Waals surface area (Å²) in [6.45, 7) is 5.37. The Morgan fingerprint density at radius 2 is 1.96 bits per heavy atom. The van der Waals surface area contributed by atoms with Gasteiger partial charge in [-0.15, -0.1) is 16.4 Å². The van der Waals surface area contributed by atoms with Crippen LogP contribution in [0, 0.1) is 5.92 Å². The van der Waals surface area contributed by atoms with E-state index >= 15 is 0 Å². The molecule has 0 bridgehead atoms. The lowest BCUT2D eigenvalue weighted by molar-refractivity contribution is 0.0470. The van der Waals surface area contributed by atoms with E-state index in [9.17, 15) is 9.90 Å². The Kier molecular flexibility index (Phi) is 6.39. The normalized spacial score (nSPS) is 20.4. The molecule has 1 atom stereocenters. The van der Waals surface area contributed by atoms with Gasteiger partial charge < -0.3 is 14.9 Å². The number of hydrogen-bond acceptors (Lipinski definition) is 6. The second-order valence-corrected chi connectivity index (χ2v) is 8.84. The molecule has 4 heterocycles. The zero-order valence-corrected chi connectivity index (χ0v) is 17.1. The molecule has 0 unspecified atom stereocenters. The van der Waals surface area contributed by atoms with Crippen LogP contribution < -0.4 is 0 Å². The molecule has 4 rings (SSSR count). The standard InChI is InChI=1S/C20H29N5O2S/c26-19(18-5-4-14-28-18)16-6-10-24(11-7-16)20(27)17-15-25(22-21-17)13-12-23-8-2-1-3-9-23/h4-5,14-16,19,26H,1-3,6-13H2/t19-/m0/s1. The zero-order valence-electron chi connectivity index (χ0n) is 16.2. The molecule has 8 heteroatoms. The molecule has 2 aliphatic heterocycles. The number of aromatic nitrogens is 3. The first-order chi connectivity index (χ1) is 13.7. The van der Waals surface area contributed by atoms with Crippen molar-refractivity contribution in [1.29, 1.82) is 0 Å². The molecular formula is C20H29N5O2S. The van der Waals surface area contributed by atoms with E-state index in [1.54, 1.807) is 22.2 Å². The summed E-state index contributed by atoms with van der Waals surface area (Å²) in [6.07, 6.45) is 6.87. The number of aliphatic hydroxyl groups is 1. The van der Waals surface area contributed by atoms with Gasteiger partial charge in [-0.05, 0) is 56.1 Å². The fourth-order valence-electron chi connectivity index (χ4n) is 4.20. The number of rotatable bonds is 6. The average molecular weight is 404 g/mol. The molecule has 152 valence electrons. The summed E-state index contributed by atoms with van der Waals surface area (Å²) >= 11 is 1.59. The smallest absolute Gasteiger partial charge is 0.276 e. The molecule has 0 aliphatic carbocycles. The number of aliphatic hydroxyl groups excluding tert-OH is 1. The van der Waals surface area contributed by atoms with Crippen molar-refractivity contribution >= 4 is 17.2 Å². The molecule has 2 aromatic heterocycles. The maximum absolute atomic E-state index is 12.8. The molecular weight excluding hydrogens is 374 g/mol. The van der Waals surface area contributed by atoms with Gasteiger partial charge >= 0.3 is 0 Å². The van der Waals surface area contributed by atoms with Gasteiger partial charge in [0.05, 0.1) is 18.8 Å². The zero-order chi connectivity index (χ0) is 19.3. The number of likely N-dealkylation sites (tertiary alicyclic amines) is 2. The monoisotopic (exact) mass is 403 g/mol. The van der Waals surface area contributed by atoms with Crippen molar-refractivity contribution in [3.63, 3.8) is 0 Å². The first-order valence-corrected chi connectivity index (χ1v) is 11.2. The molecule has 28 heavy (non-hydrogen) atoms. The molecule has 7 nitrogen and oxygen atoms in total. The van der Waals surface area contributed by atoms with Crippen LogP contribution >= 0.6 is 11.3 Å². The van der Waals surface area contributed by atoms with Gasteiger partial charge in [0, 0.05) is 24.5 Å². The molecule has 0 aromatic carbocycles.